The SMILES string of the molecule is CN1Cc2c3c(nn2CC(OCC(F)F)C1)CCN(C(=O)Nc1ccc(F)c(C#N)c1)C3=O. The van der Waals surface area contributed by atoms with Gasteiger partial charge in [-0.25, -0.2) is 18.0 Å². The maximum atomic E-state index is 13.5. The summed E-state index contributed by atoms with van der Waals surface area (Å²) in [6.45, 7) is 0.335. The number of imide groups is 1. The topological polar surface area (TPSA) is 103 Å². The molecule has 0 saturated heterocycles. The van der Waals surface area contributed by atoms with Crippen LogP contribution in [0.15, 0.2) is 18.2 Å². The van der Waals surface area contributed by atoms with E-state index in [1.807, 2.05) is 4.90 Å². The third kappa shape index (κ3) is 4.69. The molecule has 9 nitrogen and oxygen atoms in total. The van der Waals surface area contributed by atoms with E-state index in [-0.39, 0.29) is 24.3 Å². The van der Waals surface area contributed by atoms with Crippen LogP contribution >= 0.6 is 0 Å². The summed E-state index contributed by atoms with van der Waals surface area (Å²) in [6.07, 6.45) is -2.77. The van der Waals surface area contributed by atoms with E-state index in [9.17, 15) is 22.8 Å². The second kappa shape index (κ2) is 9.21. The lowest BCUT2D eigenvalue weighted by molar-refractivity contribution is -0.0379. The Morgan fingerprint density at radius 2 is 2.18 bits per heavy atom. The number of alkyl halides is 2. The highest BCUT2D eigenvalue weighted by Gasteiger charge is 2.37. The number of amides is 3. The minimum atomic E-state index is -2.58. The predicted molar refractivity (Wildman–Crippen MR) is 109 cm³/mol. The summed E-state index contributed by atoms with van der Waals surface area (Å²) < 4.78 is 45.6. The van der Waals surface area contributed by atoms with Crippen LogP contribution in [0.4, 0.5) is 23.7 Å². The van der Waals surface area contributed by atoms with Crippen LogP contribution in [0.5, 0.6) is 0 Å². The van der Waals surface area contributed by atoms with Crippen LogP contribution in [0.3, 0.4) is 0 Å². The van der Waals surface area contributed by atoms with Gasteiger partial charge in [0.1, 0.15) is 18.5 Å². The predicted octanol–water partition coefficient (Wildman–Crippen LogP) is 2.22. The maximum Gasteiger partial charge on any atom is 0.328 e. The van der Waals surface area contributed by atoms with Crippen LogP contribution in [0, 0.1) is 17.1 Å². The van der Waals surface area contributed by atoms with Gasteiger partial charge < -0.3 is 10.1 Å². The van der Waals surface area contributed by atoms with Crippen molar-refractivity contribution in [2.75, 3.05) is 32.1 Å². The lowest BCUT2D eigenvalue weighted by Gasteiger charge is -2.26. The minimum absolute atomic E-state index is 0.0849. The van der Waals surface area contributed by atoms with E-state index < -0.39 is 36.9 Å². The Kier molecular flexibility index (Phi) is 6.35. The molecular weight excluding hydrogens is 441 g/mol. The van der Waals surface area contributed by atoms with Crippen molar-refractivity contribution >= 4 is 17.6 Å². The van der Waals surface area contributed by atoms with Crippen LogP contribution in [0.2, 0.25) is 0 Å². The number of nitriles is 1. The summed E-state index contributed by atoms with van der Waals surface area (Å²) in [4.78, 5) is 28.9. The third-order valence-corrected chi connectivity index (χ3v) is 5.51. The van der Waals surface area contributed by atoms with Gasteiger partial charge in [-0.3, -0.25) is 19.3 Å². The Balaban J connectivity index is 1.54. The molecule has 2 aromatic rings. The maximum absolute atomic E-state index is 13.5. The van der Waals surface area contributed by atoms with Gasteiger partial charge in [-0.2, -0.15) is 10.4 Å². The number of aromatic nitrogens is 2. The summed E-state index contributed by atoms with van der Waals surface area (Å²) in [5.74, 6) is -1.24. The van der Waals surface area contributed by atoms with E-state index in [4.69, 9.17) is 10.00 Å². The van der Waals surface area contributed by atoms with E-state index in [1.165, 1.54) is 12.1 Å². The molecule has 1 atom stereocenters. The van der Waals surface area contributed by atoms with E-state index in [1.54, 1.807) is 17.8 Å². The van der Waals surface area contributed by atoms with Gasteiger partial charge in [0.2, 0.25) is 0 Å². The molecule has 1 aromatic heterocycles. The highest BCUT2D eigenvalue weighted by molar-refractivity contribution is 6.09. The molecule has 2 aliphatic heterocycles. The quantitative estimate of drug-likeness (QED) is 0.748. The zero-order valence-corrected chi connectivity index (χ0v) is 17.7. The smallest absolute Gasteiger partial charge is 0.328 e. The monoisotopic (exact) mass is 462 g/mol. The number of hydrogen-bond donors (Lipinski definition) is 1. The molecule has 12 heteroatoms. The van der Waals surface area contributed by atoms with Crippen LogP contribution in [0.1, 0.15) is 27.3 Å². The molecule has 1 N–H and O–H groups in total. The highest BCUT2D eigenvalue weighted by atomic mass is 19.3. The zero-order valence-electron chi connectivity index (χ0n) is 17.7. The molecule has 0 bridgehead atoms. The number of rotatable bonds is 4. The number of nitrogens with one attached hydrogen (secondary N) is 1. The molecule has 1 aromatic carbocycles. The standard InChI is InChI=1S/C21H21F3N6O3/c1-28-8-14(33-11-18(23)24)9-30-17(10-28)19-16(27-30)4-5-29(20(19)31)21(32)26-13-2-3-15(22)12(6-13)7-25/h2-3,6,14,18H,4-5,8-11H2,1H3,(H,26,32). The van der Waals surface area contributed by atoms with Crippen LogP contribution in [-0.2, 0) is 24.2 Å². The average molecular weight is 462 g/mol. The first-order valence-electron chi connectivity index (χ1n) is 10.3. The van der Waals surface area contributed by atoms with Gasteiger partial charge >= 0.3 is 6.03 Å². The van der Waals surface area contributed by atoms with Gasteiger partial charge in [0.05, 0.1) is 35.2 Å². The molecule has 4 rings (SSSR count). The fraction of sp³-hybridized carbons (Fsp3) is 0.429. The normalized spacial score (nSPS) is 18.5. The van der Waals surface area contributed by atoms with Crippen molar-refractivity contribution in [3.8, 4) is 6.07 Å². The Labute approximate surface area is 187 Å². The van der Waals surface area contributed by atoms with Gasteiger partial charge in [0.25, 0.3) is 12.3 Å². The van der Waals surface area contributed by atoms with Crippen molar-refractivity contribution in [2.24, 2.45) is 0 Å². The third-order valence-electron chi connectivity index (χ3n) is 5.51. The lowest BCUT2D eigenvalue weighted by Crippen LogP contribution is -2.44. The molecule has 33 heavy (non-hydrogen) atoms. The van der Waals surface area contributed by atoms with Crippen molar-refractivity contribution < 1.29 is 27.5 Å². The van der Waals surface area contributed by atoms with Crippen molar-refractivity contribution in [1.29, 1.82) is 5.26 Å². The summed E-state index contributed by atoms with van der Waals surface area (Å²) in [6, 6.07) is 4.54. The number of urea groups is 1. The molecule has 0 fully saturated rings. The summed E-state index contributed by atoms with van der Waals surface area (Å²) in [5, 5.41) is 16.0. The first-order valence-corrected chi connectivity index (χ1v) is 10.3. The van der Waals surface area contributed by atoms with Crippen molar-refractivity contribution in [3.05, 3.63) is 46.5 Å². The number of anilines is 1. The summed E-state index contributed by atoms with van der Waals surface area (Å²) >= 11 is 0. The molecule has 0 spiro atoms. The first kappa shape index (κ1) is 22.8. The molecule has 0 radical (unpaired) electrons. The van der Waals surface area contributed by atoms with Crippen LogP contribution < -0.4 is 5.32 Å². The fourth-order valence-electron chi connectivity index (χ4n) is 4.05. The van der Waals surface area contributed by atoms with E-state index in [2.05, 4.69) is 10.4 Å². The second-order valence-corrected chi connectivity index (χ2v) is 7.94. The fourth-order valence-corrected chi connectivity index (χ4v) is 4.05. The number of ether oxygens (including phenoxy) is 1. The lowest BCUT2D eigenvalue weighted by atomic mass is 10.0. The Morgan fingerprint density at radius 3 is 2.91 bits per heavy atom. The van der Waals surface area contributed by atoms with Gasteiger partial charge in [0, 0.05) is 31.7 Å². The Morgan fingerprint density at radius 1 is 1.39 bits per heavy atom. The number of fused-ring (bicyclic) bond motifs is 3. The van der Waals surface area contributed by atoms with Crippen molar-refractivity contribution in [3.63, 3.8) is 0 Å². The Bertz CT molecular complexity index is 1130. The van der Waals surface area contributed by atoms with Gasteiger partial charge in [-0.05, 0) is 25.2 Å². The van der Waals surface area contributed by atoms with E-state index in [0.717, 1.165) is 11.0 Å². The number of halogens is 3. The highest BCUT2D eigenvalue weighted by Crippen LogP contribution is 2.26. The van der Waals surface area contributed by atoms with E-state index >= 15 is 0 Å². The van der Waals surface area contributed by atoms with E-state index in [0.29, 0.717) is 36.5 Å². The number of benzene rings is 1. The van der Waals surface area contributed by atoms with Crippen molar-refractivity contribution in [2.45, 2.75) is 32.0 Å². The summed E-state index contributed by atoms with van der Waals surface area (Å²) in [5.41, 5.74) is 1.40. The number of likely N-dealkylation sites (N-methyl/N-ethyl adjacent to an activating group) is 1. The molecular formula is C21H21F3N6O3. The largest absolute Gasteiger partial charge is 0.369 e. The summed E-state index contributed by atoms with van der Waals surface area (Å²) in [7, 11) is 1.78. The number of nitrogens with zero attached hydrogens (tertiary/aromatic N) is 5. The Hall–Kier alpha value is -3.43. The molecule has 174 valence electrons. The number of carbonyl (C=O) groups is 2. The van der Waals surface area contributed by atoms with Gasteiger partial charge in [-0.15, -0.1) is 0 Å². The number of hydrogen-bond acceptors (Lipinski definition) is 6. The van der Waals surface area contributed by atoms with Crippen LogP contribution in [-0.4, -0.2) is 70.8 Å². The van der Waals surface area contributed by atoms with Gasteiger partial charge in [-0.1, -0.05) is 0 Å². The number of carbonyl (C=O) groups excluding carboxylic acids is 2. The van der Waals surface area contributed by atoms with Gasteiger partial charge in [0.15, 0.2) is 0 Å². The zero-order chi connectivity index (χ0) is 23.7. The molecule has 3 amide bonds. The average Bonchev–Trinajstić information content (AvgIpc) is 3.02. The van der Waals surface area contributed by atoms with Crippen LogP contribution in [0.25, 0.3) is 0 Å². The molecule has 3 heterocycles. The molecule has 0 saturated carbocycles. The minimum Gasteiger partial charge on any atom is -0.369 e. The first-order chi connectivity index (χ1) is 15.8. The molecule has 1 unspecified atom stereocenters. The molecule has 2 aliphatic rings. The van der Waals surface area contributed by atoms with Crippen molar-refractivity contribution in [1.82, 2.24) is 19.6 Å². The molecule has 0 aliphatic carbocycles. The second-order valence-electron chi connectivity index (χ2n) is 7.94.